The Morgan fingerprint density at radius 2 is 1.76 bits per heavy atom. The second-order valence-electron chi connectivity index (χ2n) is 5.92. The van der Waals surface area contributed by atoms with Crippen LogP contribution in [0.1, 0.15) is 29.3 Å². The Bertz CT molecular complexity index is 840. The highest BCUT2D eigenvalue weighted by molar-refractivity contribution is 5.93. The van der Waals surface area contributed by atoms with Crippen molar-refractivity contribution in [1.29, 1.82) is 0 Å². The van der Waals surface area contributed by atoms with Crippen LogP contribution in [0.3, 0.4) is 0 Å². The van der Waals surface area contributed by atoms with Crippen LogP contribution in [0.5, 0.6) is 0 Å². The molecular formula is C18H22N4O3. The van der Waals surface area contributed by atoms with Gasteiger partial charge in [0.15, 0.2) is 0 Å². The number of hydrogen-bond donors (Lipinski definition) is 3. The van der Waals surface area contributed by atoms with Crippen molar-refractivity contribution < 1.29 is 9.59 Å². The molecule has 7 heteroatoms. The van der Waals surface area contributed by atoms with Crippen molar-refractivity contribution in [3.63, 3.8) is 0 Å². The van der Waals surface area contributed by atoms with Crippen molar-refractivity contribution in [2.45, 2.75) is 33.4 Å². The van der Waals surface area contributed by atoms with E-state index in [4.69, 9.17) is 11.5 Å². The molecule has 0 aliphatic carbocycles. The van der Waals surface area contributed by atoms with E-state index in [0.717, 1.165) is 11.1 Å². The number of carbonyl (C=O) groups is 2. The van der Waals surface area contributed by atoms with Crippen LogP contribution in [0.2, 0.25) is 0 Å². The van der Waals surface area contributed by atoms with Gasteiger partial charge in [0.1, 0.15) is 5.69 Å². The molecule has 0 bridgehead atoms. The van der Waals surface area contributed by atoms with Crippen LogP contribution in [0.15, 0.2) is 35.1 Å². The van der Waals surface area contributed by atoms with Crippen molar-refractivity contribution in [2.24, 2.45) is 11.5 Å². The van der Waals surface area contributed by atoms with E-state index in [1.165, 1.54) is 11.8 Å². The van der Waals surface area contributed by atoms with Crippen molar-refractivity contribution in [3.05, 3.63) is 63.1 Å². The number of aromatic amines is 1. The molecule has 132 valence electrons. The second kappa shape index (κ2) is 7.76. The molecule has 2 rings (SSSR count). The molecule has 0 aliphatic rings. The molecule has 0 radical (unpaired) electrons. The molecule has 7 nitrogen and oxygen atoms in total. The standard InChI is InChI=1S/C18H22N4O3/c1-11-7-15(8-16(20)24)17(18(25)21-11)22(12(2)23)10-14-5-3-13(9-19)4-6-14/h3-7H,8-10,19H2,1-2H3,(H2,20,24)(H,21,25). The summed E-state index contributed by atoms with van der Waals surface area (Å²) in [5.41, 5.74) is 13.5. The van der Waals surface area contributed by atoms with Crippen LogP contribution in [0.25, 0.3) is 0 Å². The van der Waals surface area contributed by atoms with Gasteiger partial charge in [-0.3, -0.25) is 14.4 Å². The SMILES string of the molecule is CC(=O)N(Cc1ccc(CN)cc1)c1c(CC(N)=O)cc(C)[nH]c1=O. The third-order valence-corrected chi connectivity index (χ3v) is 3.83. The normalized spacial score (nSPS) is 10.5. The topological polar surface area (TPSA) is 122 Å². The minimum atomic E-state index is -0.568. The number of rotatable bonds is 6. The molecule has 1 aromatic heterocycles. The zero-order valence-electron chi connectivity index (χ0n) is 14.3. The quantitative estimate of drug-likeness (QED) is 0.716. The maximum Gasteiger partial charge on any atom is 0.272 e. The number of pyridine rings is 1. The van der Waals surface area contributed by atoms with Gasteiger partial charge in [-0.05, 0) is 29.7 Å². The first-order chi connectivity index (χ1) is 11.8. The highest BCUT2D eigenvalue weighted by Gasteiger charge is 2.21. The summed E-state index contributed by atoms with van der Waals surface area (Å²) < 4.78 is 0. The smallest absolute Gasteiger partial charge is 0.272 e. The number of hydrogen-bond acceptors (Lipinski definition) is 4. The molecule has 0 saturated carbocycles. The van der Waals surface area contributed by atoms with Crippen molar-refractivity contribution in [2.75, 3.05) is 4.90 Å². The van der Waals surface area contributed by atoms with E-state index in [1.54, 1.807) is 13.0 Å². The lowest BCUT2D eigenvalue weighted by Crippen LogP contribution is -2.35. The van der Waals surface area contributed by atoms with Gasteiger partial charge in [-0.25, -0.2) is 0 Å². The van der Waals surface area contributed by atoms with Crippen molar-refractivity contribution in [1.82, 2.24) is 4.98 Å². The minimum absolute atomic E-state index is 0.115. The predicted octanol–water partition coefficient (Wildman–Crippen LogP) is 0.723. The summed E-state index contributed by atoms with van der Waals surface area (Å²) in [7, 11) is 0. The third-order valence-electron chi connectivity index (χ3n) is 3.83. The lowest BCUT2D eigenvalue weighted by atomic mass is 10.1. The zero-order chi connectivity index (χ0) is 18.6. The highest BCUT2D eigenvalue weighted by atomic mass is 16.2. The van der Waals surface area contributed by atoms with E-state index < -0.39 is 11.5 Å². The lowest BCUT2D eigenvalue weighted by Gasteiger charge is -2.23. The molecule has 2 amide bonds. The van der Waals surface area contributed by atoms with E-state index in [2.05, 4.69) is 4.98 Å². The molecule has 25 heavy (non-hydrogen) atoms. The summed E-state index contributed by atoms with van der Waals surface area (Å²) in [6.45, 7) is 3.72. The number of amides is 2. The molecule has 0 saturated heterocycles. The fourth-order valence-corrected chi connectivity index (χ4v) is 2.68. The number of benzene rings is 1. The van der Waals surface area contributed by atoms with Gasteiger partial charge in [0, 0.05) is 19.2 Å². The minimum Gasteiger partial charge on any atom is -0.369 e. The summed E-state index contributed by atoms with van der Waals surface area (Å²) in [6, 6.07) is 9.12. The lowest BCUT2D eigenvalue weighted by molar-refractivity contribution is -0.118. The first kappa shape index (κ1) is 18.4. The van der Waals surface area contributed by atoms with Gasteiger partial charge in [0.05, 0.1) is 13.0 Å². The molecule has 0 unspecified atom stereocenters. The highest BCUT2D eigenvalue weighted by Crippen LogP contribution is 2.20. The van der Waals surface area contributed by atoms with Gasteiger partial charge in [0.2, 0.25) is 11.8 Å². The summed E-state index contributed by atoms with van der Waals surface area (Å²) in [6.07, 6.45) is -0.115. The van der Waals surface area contributed by atoms with E-state index >= 15 is 0 Å². The molecule has 5 N–H and O–H groups in total. The van der Waals surface area contributed by atoms with E-state index in [0.29, 0.717) is 17.8 Å². The summed E-state index contributed by atoms with van der Waals surface area (Å²) in [5, 5.41) is 0. The van der Waals surface area contributed by atoms with Gasteiger partial charge < -0.3 is 21.4 Å². The first-order valence-electron chi connectivity index (χ1n) is 7.89. The summed E-state index contributed by atoms with van der Waals surface area (Å²) in [5.74, 6) is -0.870. The number of primary amides is 1. The van der Waals surface area contributed by atoms with Crippen molar-refractivity contribution in [3.8, 4) is 0 Å². The van der Waals surface area contributed by atoms with E-state index in [1.807, 2.05) is 24.3 Å². The maximum absolute atomic E-state index is 12.5. The molecule has 2 aromatic rings. The molecule has 1 aromatic carbocycles. The fraction of sp³-hybridized carbons (Fsp3) is 0.278. The average molecular weight is 342 g/mol. The number of nitrogens with one attached hydrogen (secondary N) is 1. The van der Waals surface area contributed by atoms with Crippen LogP contribution >= 0.6 is 0 Å². The Morgan fingerprint density at radius 3 is 2.28 bits per heavy atom. The molecule has 0 atom stereocenters. The monoisotopic (exact) mass is 342 g/mol. The number of aromatic nitrogens is 1. The largest absolute Gasteiger partial charge is 0.369 e. The number of H-pyrrole nitrogens is 1. The van der Waals surface area contributed by atoms with Crippen LogP contribution in [-0.4, -0.2) is 16.8 Å². The number of anilines is 1. The molecule has 0 spiro atoms. The number of nitrogens with two attached hydrogens (primary N) is 2. The molecule has 1 heterocycles. The second-order valence-corrected chi connectivity index (χ2v) is 5.92. The predicted molar refractivity (Wildman–Crippen MR) is 95.9 cm³/mol. The molecular weight excluding hydrogens is 320 g/mol. The Morgan fingerprint density at radius 1 is 1.16 bits per heavy atom. The summed E-state index contributed by atoms with van der Waals surface area (Å²) in [4.78, 5) is 40.0. The Hall–Kier alpha value is -2.93. The van der Waals surface area contributed by atoms with Crippen LogP contribution in [-0.2, 0) is 29.1 Å². The third kappa shape index (κ3) is 4.54. The van der Waals surface area contributed by atoms with Crippen LogP contribution in [0, 0.1) is 6.92 Å². The van der Waals surface area contributed by atoms with Gasteiger partial charge >= 0.3 is 0 Å². The van der Waals surface area contributed by atoms with Gasteiger partial charge in [-0.15, -0.1) is 0 Å². The average Bonchev–Trinajstić information content (AvgIpc) is 2.53. The first-order valence-corrected chi connectivity index (χ1v) is 7.89. The van der Waals surface area contributed by atoms with E-state index in [9.17, 15) is 14.4 Å². The maximum atomic E-state index is 12.5. The number of carbonyl (C=O) groups excluding carboxylic acids is 2. The van der Waals surface area contributed by atoms with Crippen molar-refractivity contribution >= 4 is 17.5 Å². The van der Waals surface area contributed by atoms with E-state index in [-0.39, 0.29) is 24.6 Å². The van der Waals surface area contributed by atoms with Crippen LogP contribution < -0.4 is 21.9 Å². The van der Waals surface area contributed by atoms with Gasteiger partial charge in [-0.1, -0.05) is 24.3 Å². The Balaban J connectivity index is 2.47. The Labute approximate surface area is 145 Å². The fourth-order valence-electron chi connectivity index (χ4n) is 2.68. The van der Waals surface area contributed by atoms with Crippen LogP contribution in [0.4, 0.5) is 5.69 Å². The van der Waals surface area contributed by atoms with Gasteiger partial charge in [-0.2, -0.15) is 0 Å². The van der Waals surface area contributed by atoms with Gasteiger partial charge in [0.25, 0.3) is 5.56 Å². The summed E-state index contributed by atoms with van der Waals surface area (Å²) >= 11 is 0. The zero-order valence-corrected chi connectivity index (χ0v) is 14.3. The molecule has 0 aliphatic heterocycles. The number of nitrogens with zero attached hydrogens (tertiary/aromatic N) is 1. The number of aryl methyl sites for hydroxylation is 1. The Kier molecular flexibility index (Phi) is 5.71. The molecule has 0 fully saturated rings.